The van der Waals surface area contributed by atoms with Crippen molar-refractivity contribution >= 4 is 23.7 Å². The minimum Gasteiger partial charge on any atom is -0.493 e. The van der Waals surface area contributed by atoms with Crippen molar-refractivity contribution in [2.45, 2.75) is 11.4 Å². The molecule has 1 aromatic carbocycles. The van der Waals surface area contributed by atoms with Gasteiger partial charge >= 0.3 is 6.18 Å². The van der Waals surface area contributed by atoms with E-state index >= 15 is 0 Å². The lowest BCUT2D eigenvalue weighted by Gasteiger charge is -2.14. The van der Waals surface area contributed by atoms with Crippen molar-refractivity contribution in [3.8, 4) is 11.5 Å². The van der Waals surface area contributed by atoms with E-state index in [9.17, 15) is 13.2 Å². The number of hydrogen-bond acceptors (Lipinski definition) is 5. The van der Waals surface area contributed by atoms with Crippen LogP contribution in [0.2, 0.25) is 0 Å². The molecule has 0 bridgehead atoms. The summed E-state index contributed by atoms with van der Waals surface area (Å²) in [4.78, 5) is 11.4. The van der Waals surface area contributed by atoms with E-state index in [1.807, 2.05) is 0 Å². The highest BCUT2D eigenvalue weighted by Crippen LogP contribution is 2.38. The van der Waals surface area contributed by atoms with Crippen LogP contribution in [0.4, 0.5) is 13.2 Å². The van der Waals surface area contributed by atoms with Gasteiger partial charge in [-0.15, -0.1) is 0 Å². The maximum Gasteiger partial charge on any atom is 0.416 e. The second-order valence-electron chi connectivity index (χ2n) is 5.19. The third-order valence-electron chi connectivity index (χ3n) is 3.67. The third kappa shape index (κ3) is 3.23. The van der Waals surface area contributed by atoms with Crippen LogP contribution >= 0.6 is 12.6 Å². The van der Waals surface area contributed by atoms with E-state index < -0.39 is 17.0 Å². The maximum absolute atomic E-state index is 12.8. The van der Waals surface area contributed by atoms with Gasteiger partial charge in [-0.25, -0.2) is 4.98 Å². The van der Waals surface area contributed by atoms with Crippen LogP contribution in [0.5, 0.6) is 11.5 Å². The number of alkyl halides is 3. The van der Waals surface area contributed by atoms with Crippen LogP contribution in [-0.4, -0.2) is 29.2 Å². The number of nitrogens with zero attached hydrogens (tertiary/aromatic N) is 2. The minimum absolute atomic E-state index is 0.269. The first-order valence-corrected chi connectivity index (χ1v) is 7.68. The fourth-order valence-corrected chi connectivity index (χ4v) is 2.78. The number of ether oxygens (including phenoxy) is 2. The van der Waals surface area contributed by atoms with Crippen LogP contribution in [0.15, 0.2) is 30.5 Å². The summed E-state index contributed by atoms with van der Waals surface area (Å²) in [5.41, 5.74) is 0.373. The van der Waals surface area contributed by atoms with E-state index in [2.05, 4.69) is 27.6 Å². The topological polar surface area (TPSA) is 60.0 Å². The van der Waals surface area contributed by atoms with Crippen molar-refractivity contribution in [1.82, 2.24) is 15.0 Å². The molecule has 132 valence electrons. The van der Waals surface area contributed by atoms with Crippen LogP contribution in [0.1, 0.15) is 22.3 Å². The molecular weight excluding hydrogens is 355 g/mol. The average molecular weight is 369 g/mol. The summed E-state index contributed by atoms with van der Waals surface area (Å²) in [6.07, 6.45) is -2.89. The number of H-pyrrole nitrogens is 1. The summed E-state index contributed by atoms with van der Waals surface area (Å²) >= 11 is 4.50. The number of hydrogen-bond donors (Lipinski definition) is 2. The summed E-state index contributed by atoms with van der Waals surface area (Å²) in [5, 5.41) is -0.633. The molecule has 1 atom stereocenters. The molecular formula is C16H14F3N3O2S. The van der Waals surface area contributed by atoms with Crippen LogP contribution in [0.25, 0.3) is 11.0 Å². The molecule has 0 amide bonds. The molecule has 3 aromatic rings. The Balaban J connectivity index is 2.05. The van der Waals surface area contributed by atoms with E-state index in [4.69, 9.17) is 9.47 Å². The first-order chi connectivity index (χ1) is 11.8. The van der Waals surface area contributed by atoms with Gasteiger partial charge in [-0.2, -0.15) is 25.8 Å². The molecule has 0 saturated heterocycles. The fourth-order valence-electron chi connectivity index (χ4n) is 2.47. The average Bonchev–Trinajstić information content (AvgIpc) is 3.02. The van der Waals surface area contributed by atoms with E-state index in [-0.39, 0.29) is 5.52 Å². The number of thiol groups is 1. The van der Waals surface area contributed by atoms with Crippen LogP contribution in [-0.2, 0) is 6.18 Å². The Morgan fingerprint density at radius 1 is 1.16 bits per heavy atom. The van der Waals surface area contributed by atoms with Gasteiger partial charge in [-0.1, -0.05) is 0 Å². The number of aromatic nitrogens is 3. The quantitative estimate of drug-likeness (QED) is 0.682. The summed E-state index contributed by atoms with van der Waals surface area (Å²) in [6.45, 7) is 0. The zero-order valence-electron chi connectivity index (χ0n) is 13.3. The van der Waals surface area contributed by atoms with E-state index in [1.165, 1.54) is 26.5 Å². The smallest absolute Gasteiger partial charge is 0.416 e. The molecule has 0 spiro atoms. The molecule has 1 unspecified atom stereocenters. The molecule has 25 heavy (non-hydrogen) atoms. The van der Waals surface area contributed by atoms with Gasteiger partial charge in [0.2, 0.25) is 0 Å². The summed E-state index contributed by atoms with van der Waals surface area (Å²) < 4.78 is 49.1. The van der Waals surface area contributed by atoms with Crippen LogP contribution in [0.3, 0.4) is 0 Å². The number of imidazole rings is 1. The summed E-state index contributed by atoms with van der Waals surface area (Å²) in [5.74, 6) is 1.22. The first-order valence-electron chi connectivity index (χ1n) is 7.17. The van der Waals surface area contributed by atoms with Crippen molar-refractivity contribution in [1.29, 1.82) is 0 Å². The zero-order valence-corrected chi connectivity index (χ0v) is 14.2. The predicted molar refractivity (Wildman–Crippen MR) is 89.3 cm³/mol. The minimum atomic E-state index is -4.42. The Bertz CT molecular complexity index is 911. The Morgan fingerprint density at radius 2 is 1.92 bits per heavy atom. The molecule has 9 heteroatoms. The lowest BCUT2D eigenvalue weighted by Crippen LogP contribution is -2.04. The molecule has 0 aliphatic carbocycles. The molecule has 0 aliphatic rings. The van der Waals surface area contributed by atoms with Gasteiger partial charge in [0.25, 0.3) is 0 Å². The highest BCUT2D eigenvalue weighted by molar-refractivity contribution is 7.80. The normalized spacial score (nSPS) is 13.0. The van der Waals surface area contributed by atoms with Crippen molar-refractivity contribution in [3.63, 3.8) is 0 Å². The third-order valence-corrected chi connectivity index (χ3v) is 4.15. The number of fused-ring (bicyclic) bond motifs is 1. The molecule has 2 aromatic heterocycles. The van der Waals surface area contributed by atoms with Gasteiger partial charge in [0, 0.05) is 12.3 Å². The highest BCUT2D eigenvalue weighted by Gasteiger charge is 2.31. The van der Waals surface area contributed by atoms with E-state index in [1.54, 1.807) is 6.07 Å². The summed E-state index contributed by atoms with van der Waals surface area (Å²) in [6, 6.07) is 4.96. The second-order valence-corrected chi connectivity index (χ2v) is 5.70. The number of methoxy groups -OCH3 is 2. The molecule has 0 radical (unpaired) electrons. The maximum atomic E-state index is 12.8. The number of nitrogens with one attached hydrogen (secondary N) is 1. The number of halogens is 3. The molecule has 0 aliphatic heterocycles. The van der Waals surface area contributed by atoms with Crippen LogP contribution in [0, 0.1) is 0 Å². The zero-order chi connectivity index (χ0) is 18.2. The Kier molecular flexibility index (Phi) is 4.51. The Labute approximate surface area is 146 Å². The van der Waals surface area contributed by atoms with E-state index in [0.717, 1.165) is 12.1 Å². The number of pyridine rings is 1. The number of benzene rings is 1. The molecule has 5 nitrogen and oxygen atoms in total. The van der Waals surface area contributed by atoms with Crippen molar-refractivity contribution < 1.29 is 22.6 Å². The lowest BCUT2D eigenvalue weighted by molar-refractivity contribution is -0.137. The lowest BCUT2D eigenvalue weighted by atomic mass is 10.2. The Morgan fingerprint density at radius 3 is 2.56 bits per heavy atom. The molecule has 3 rings (SSSR count). The monoisotopic (exact) mass is 369 g/mol. The van der Waals surface area contributed by atoms with Gasteiger partial charge in [0.15, 0.2) is 11.5 Å². The fraction of sp³-hybridized carbons (Fsp3) is 0.250. The van der Waals surface area contributed by atoms with Gasteiger partial charge < -0.3 is 14.5 Å². The molecule has 0 saturated carbocycles. The number of aromatic amines is 1. The first kappa shape index (κ1) is 17.4. The van der Waals surface area contributed by atoms with Crippen molar-refractivity contribution in [2.75, 3.05) is 14.2 Å². The standard InChI is InChI=1S/C16H14F3N3O2S/c1-23-11-5-6-20-12(13(11)24-2)14(25)15-21-9-4-3-8(16(17,18)19)7-10(9)22-15/h3-7,14,25H,1-2H3,(H,21,22). The van der Waals surface area contributed by atoms with Gasteiger partial charge in [0.1, 0.15) is 16.8 Å². The highest BCUT2D eigenvalue weighted by atomic mass is 32.1. The van der Waals surface area contributed by atoms with Gasteiger partial charge in [0.05, 0.1) is 30.8 Å². The van der Waals surface area contributed by atoms with Crippen molar-refractivity contribution in [2.24, 2.45) is 0 Å². The molecule has 0 fully saturated rings. The summed E-state index contributed by atoms with van der Waals surface area (Å²) in [7, 11) is 2.97. The molecule has 1 N–H and O–H groups in total. The van der Waals surface area contributed by atoms with Crippen LogP contribution < -0.4 is 9.47 Å². The molecule has 2 heterocycles. The van der Waals surface area contributed by atoms with E-state index in [0.29, 0.717) is 28.5 Å². The van der Waals surface area contributed by atoms with Gasteiger partial charge in [-0.05, 0) is 18.2 Å². The van der Waals surface area contributed by atoms with Gasteiger partial charge in [-0.3, -0.25) is 4.98 Å². The number of rotatable bonds is 4. The van der Waals surface area contributed by atoms with Crippen molar-refractivity contribution in [3.05, 3.63) is 47.5 Å². The second kappa shape index (κ2) is 6.47. The SMILES string of the molecule is COc1ccnc(C(S)c2nc3ccc(C(F)(F)F)cc3[nH]2)c1OC. The predicted octanol–water partition coefficient (Wildman–Crippen LogP) is 4.01. The largest absolute Gasteiger partial charge is 0.493 e. The Hall–Kier alpha value is -2.42.